The second kappa shape index (κ2) is 9.71. The van der Waals surface area contributed by atoms with Crippen molar-refractivity contribution in [2.45, 2.75) is 12.9 Å². The summed E-state index contributed by atoms with van der Waals surface area (Å²) < 4.78 is 40.9. The molecule has 8 heteroatoms. The van der Waals surface area contributed by atoms with E-state index in [2.05, 4.69) is 15.4 Å². The molecule has 1 amide bonds. The third kappa shape index (κ3) is 7.11. The van der Waals surface area contributed by atoms with Crippen LogP contribution in [0.15, 0.2) is 78.9 Å². The maximum Gasteiger partial charge on any atom is 0.573 e. The van der Waals surface area contributed by atoms with Crippen molar-refractivity contribution in [2.75, 3.05) is 16.4 Å². The Kier molecular flexibility index (Phi) is 6.81. The normalized spacial score (nSPS) is 11.3. The van der Waals surface area contributed by atoms with Gasteiger partial charge in [-0.05, 0) is 53.6 Å². The molecule has 0 atom stereocenters. The molecule has 160 valence electrons. The van der Waals surface area contributed by atoms with Crippen molar-refractivity contribution in [2.24, 2.45) is 0 Å². The van der Waals surface area contributed by atoms with Crippen molar-refractivity contribution in [3.63, 3.8) is 0 Å². The number of nitrogen functional groups attached to an aromatic ring is 1. The smallest absolute Gasteiger partial charge is 0.406 e. The monoisotopic (exact) mass is 427 g/mol. The average Bonchev–Trinajstić information content (AvgIpc) is 2.72. The zero-order valence-corrected chi connectivity index (χ0v) is 16.3. The van der Waals surface area contributed by atoms with Gasteiger partial charge < -0.3 is 21.1 Å². The molecule has 0 radical (unpaired) electrons. The second-order valence-electron chi connectivity index (χ2n) is 6.58. The Morgan fingerprint density at radius 1 is 1.00 bits per heavy atom. The number of carbonyl (C=O) groups excluding carboxylic acids is 1. The third-order valence-corrected chi connectivity index (χ3v) is 4.19. The van der Waals surface area contributed by atoms with Gasteiger partial charge >= 0.3 is 6.36 Å². The number of rotatable bonds is 7. The van der Waals surface area contributed by atoms with E-state index < -0.39 is 6.36 Å². The summed E-state index contributed by atoms with van der Waals surface area (Å²) in [5.74, 6) is -0.566. The number of amides is 1. The Hall–Kier alpha value is -3.94. The van der Waals surface area contributed by atoms with E-state index in [1.165, 1.54) is 24.3 Å². The van der Waals surface area contributed by atoms with Crippen LogP contribution in [0.25, 0.3) is 6.08 Å². The molecule has 0 aromatic heterocycles. The number of alkyl halides is 3. The van der Waals surface area contributed by atoms with Crippen molar-refractivity contribution >= 4 is 29.0 Å². The molecule has 0 aliphatic heterocycles. The van der Waals surface area contributed by atoms with Gasteiger partial charge in [0.2, 0.25) is 5.91 Å². The van der Waals surface area contributed by atoms with Gasteiger partial charge in [-0.1, -0.05) is 36.4 Å². The first-order valence-corrected chi connectivity index (χ1v) is 9.31. The second-order valence-corrected chi connectivity index (χ2v) is 6.58. The van der Waals surface area contributed by atoms with Crippen LogP contribution in [0.5, 0.6) is 5.75 Å². The largest absolute Gasteiger partial charge is 0.573 e. The van der Waals surface area contributed by atoms with Crippen LogP contribution in [0, 0.1) is 0 Å². The molecule has 0 heterocycles. The number of hydrogen-bond acceptors (Lipinski definition) is 4. The van der Waals surface area contributed by atoms with Crippen LogP contribution in [-0.4, -0.2) is 12.3 Å². The summed E-state index contributed by atoms with van der Waals surface area (Å²) in [4.78, 5) is 12.0. The van der Waals surface area contributed by atoms with E-state index in [0.717, 1.165) is 11.3 Å². The van der Waals surface area contributed by atoms with Crippen molar-refractivity contribution in [3.8, 4) is 5.75 Å². The molecule has 0 fully saturated rings. The number of anilines is 3. The molecule has 0 unspecified atom stereocenters. The SMILES string of the molecule is Nc1ccccc1NC(=O)/C=C/c1ccc(NCc2cccc(OC(F)(F)F)c2)cc1. The molecular weight excluding hydrogens is 407 g/mol. The topological polar surface area (TPSA) is 76.4 Å². The van der Waals surface area contributed by atoms with Crippen LogP contribution in [0.1, 0.15) is 11.1 Å². The molecule has 5 nitrogen and oxygen atoms in total. The molecule has 0 bridgehead atoms. The van der Waals surface area contributed by atoms with Gasteiger partial charge in [-0.3, -0.25) is 4.79 Å². The minimum absolute atomic E-state index is 0.261. The van der Waals surface area contributed by atoms with Crippen LogP contribution in [-0.2, 0) is 11.3 Å². The summed E-state index contributed by atoms with van der Waals surface area (Å²) in [6.45, 7) is 0.325. The summed E-state index contributed by atoms with van der Waals surface area (Å²) in [5, 5.41) is 5.83. The summed E-state index contributed by atoms with van der Waals surface area (Å²) in [6.07, 6.45) is -1.66. The predicted molar refractivity (Wildman–Crippen MR) is 115 cm³/mol. The minimum atomic E-state index is -4.72. The molecule has 0 spiro atoms. The lowest BCUT2D eigenvalue weighted by Gasteiger charge is -2.11. The molecule has 0 aliphatic carbocycles. The van der Waals surface area contributed by atoms with Crippen LogP contribution in [0.3, 0.4) is 0 Å². The Bertz CT molecular complexity index is 1060. The van der Waals surface area contributed by atoms with E-state index in [1.54, 1.807) is 36.4 Å². The van der Waals surface area contributed by atoms with Gasteiger partial charge in [0.05, 0.1) is 11.4 Å². The minimum Gasteiger partial charge on any atom is -0.406 e. The summed E-state index contributed by atoms with van der Waals surface area (Å²) >= 11 is 0. The standard InChI is InChI=1S/C23H20F3N3O2/c24-23(25,26)31-19-5-3-4-17(14-19)15-28-18-11-8-16(9-12-18)10-13-22(30)29-21-7-2-1-6-20(21)27/h1-14,28H,15,27H2,(H,29,30)/b13-10+. The predicted octanol–water partition coefficient (Wildman–Crippen LogP) is 5.43. The van der Waals surface area contributed by atoms with E-state index in [-0.39, 0.29) is 11.7 Å². The van der Waals surface area contributed by atoms with Crippen LogP contribution < -0.4 is 21.1 Å². The fraction of sp³-hybridized carbons (Fsp3) is 0.0870. The molecule has 0 saturated heterocycles. The number of nitrogens with two attached hydrogens (primary N) is 1. The molecular formula is C23H20F3N3O2. The summed E-state index contributed by atoms with van der Waals surface area (Å²) in [5.41, 5.74) is 9.05. The van der Waals surface area contributed by atoms with Gasteiger partial charge in [-0.15, -0.1) is 13.2 Å². The molecule has 0 saturated carbocycles. The Balaban J connectivity index is 1.53. The first-order valence-electron chi connectivity index (χ1n) is 9.31. The van der Waals surface area contributed by atoms with Gasteiger partial charge in [0.25, 0.3) is 0 Å². The number of benzene rings is 3. The van der Waals surface area contributed by atoms with Gasteiger partial charge in [0, 0.05) is 18.3 Å². The molecule has 31 heavy (non-hydrogen) atoms. The van der Waals surface area contributed by atoms with Crippen molar-refractivity contribution < 1.29 is 22.7 Å². The maximum atomic E-state index is 12.3. The Morgan fingerprint density at radius 2 is 1.74 bits per heavy atom. The van der Waals surface area contributed by atoms with E-state index in [1.807, 2.05) is 24.3 Å². The first-order chi connectivity index (χ1) is 14.8. The summed E-state index contributed by atoms with van der Waals surface area (Å²) in [7, 11) is 0. The van der Waals surface area contributed by atoms with Gasteiger partial charge in [0.15, 0.2) is 0 Å². The highest BCUT2D eigenvalue weighted by atomic mass is 19.4. The highest BCUT2D eigenvalue weighted by Crippen LogP contribution is 2.24. The number of hydrogen-bond donors (Lipinski definition) is 3. The first kappa shape index (κ1) is 21.8. The molecule has 4 N–H and O–H groups in total. The van der Waals surface area contributed by atoms with Gasteiger partial charge in [-0.25, -0.2) is 0 Å². The number of halogens is 3. The van der Waals surface area contributed by atoms with Crippen molar-refractivity contribution in [1.82, 2.24) is 0 Å². The van der Waals surface area contributed by atoms with Crippen molar-refractivity contribution in [3.05, 3.63) is 90.0 Å². The maximum absolute atomic E-state index is 12.3. The number of ether oxygens (including phenoxy) is 1. The molecule has 3 rings (SSSR count). The lowest BCUT2D eigenvalue weighted by atomic mass is 10.1. The lowest BCUT2D eigenvalue weighted by molar-refractivity contribution is -0.274. The quantitative estimate of drug-likeness (QED) is 0.347. The Labute approximate surface area is 177 Å². The average molecular weight is 427 g/mol. The zero-order chi connectivity index (χ0) is 22.3. The lowest BCUT2D eigenvalue weighted by Crippen LogP contribution is -2.17. The van der Waals surface area contributed by atoms with Gasteiger partial charge in [-0.2, -0.15) is 0 Å². The third-order valence-electron chi connectivity index (χ3n) is 4.19. The zero-order valence-electron chi connectivity index (χ0n) is 16.3. The molecule has 3 aromatic rings. The Morgan fingerprint density at radius 3 is 2.45 bits per heavy atom. The number of carbonyl (C=O) groups is 1. The highest BCUT2D eigenvalue weighted by Gasteiger charge is 2.31. The number of para-hydroxylation sites is 2. The fourth-order valence-electron chi connectivity index (χ4n) is 2.73. The van der Waals surface area contributed by atoms with E-state index in [9.17, 15) is 18.0 Å². The molecule has 3 aromatic carbocycles. The van der Waals surface area contributed by atoms with Gasteiger partial charge in [0.1, 0.15) is 5.75 Å². The van der Waals surface area contributed by atoms with Crippen LogP contribution in [0.4, 0.5) is 30.2 Å². The van der Waals surface area contributed by atoms with E-state index >= 15 is 0 Å². The number of nitrogens with one attached hydrogen (secondary N) is 2. The van der Waals surface area contributed by atoms with Crippen molar-refractivity contribution in [1.29, 1.82) is 0 Å². The van der Waals surface area contributed by atoms with E-state index in [0.29, 0.717) is 23.5 Å². The fourth-order valence-corrected chi connectivity index (χ4v) is 2.73. The summed E-state index contributed by atoms with van der Waals surface area (Å²) in [6, 6.07) is 20.0. The highest BCUT2D eigenvalue weighted by molar-refractivity contribution is 6.03. The van der Waals surface area contributed by atoms with Crippen LogP contribution >= 0.6 is 0 Å². The van der Waals surface area contributed by atoms with Crippen LogP contribution in [0.2, 0.25) is 0 Å². The molecule has 0 aliphatic rings. The van der Waals surface area contributed by atoms with E-state index in [4.69, 9.17) is 5.73 Å².